The third-order valence-electron chi connectivity index (χ3n) is 5.30. The molecule has 1 aliphatic carbocycles. The van der Waals surface area contributed by atoms with Gasteiger partial charge in [-0.2, -0.15) is 0 Å². The lowest BCUT2D eigenvalue weighted by Gasteiger charge is -2.42. The monoisotopic (exact) mass is 337 g/mol. The van der Waals surface area contributed by atoms with E-state index < -0.39 is 6.09 Å². The van der Waals surface area contributed by atoms with Crippen molar-refractivity contribution in [2.24, 2.45) is 17.8 Å². The van der Waals surface area contributed by atoms with Crippen molar-refractivity contribution in [1.29, 1.82) is 0 Å². The fourth-order valence-electron chi connectivity index (χ4n) is 4.40. The Morgan fingerprint density at radius 1 is 1.43 bits per heavy atom. The number of rotatable bonds is 4. The van der Waals surface area contributed by atoms with Gasteiger partial charge in [0.15, 0.2) is 0 Å². The lowest BCUT2D eigenvalue weighted by atomic mass is 9.77. The van der Waals surface area contributed by atoms with E-state index in [2.05, 4.69) is 15.2 Å². The molecule has 0 spiro atoms. The van der Waals surface area contributed by atoms with Gasteiger partial charge in [-0.3, -0.25) is 0 Å². The summed E-state index contributed by atoms with van der Waals surface area (Å²) in [5.74, 6) is 1.83. The molecule has 23 heavy (non-hydrogen) atoms. The number of fused-ring (bicyclic) bond motifs is 2. The van der Waals surface area contributed by atoms with E-state index in [1.807, 2.05) is 26.0 Å². The quantitative estimate of drug-likeness (QED) is 0.823. The molecule has 0 radical (unpaired) electrons. The molecule has 3 atom stereocenters. The van der Waals surface area contributed by atoms with Gasteiger partial charge in [-0.05, 0) is 63.0 Å². The third kappa shape index (κ3) is 3.71. The summed E-state index contributed by atoms with van der Waals surface area (Å²) in [5.41, 5.74) is 0.766. The molecule has 2 aliphatic rings. The molecule has 1 amide bonds. The molecule has 1 saturated carbocycles. The number of nitrogens with zero attached hydrogens (tertiary/aromatic N) is 2. The summed E-state index contributed by atoms with van der Waals surface area (Å²) in [4.78, 5) is 17.4. The first-order valence-electron chi connectivity index (χ1n) is 8.22. The first-order valence-corrected chi connectivity index (χ1v) is 8.59. The largest absolute Gasteiger partial charge is 0.465 e. The average molecular weight is 338 g/mol. The Morgan fingerprint density at radius 3 is 2.65 bits per heavy atom. The maximum atomic E-state index is 11.0. The number of amides is 1. The van der Waals surface area contributed by atoms with Gasteiger partial charge in [0.05, 0.1) is 0 Å². The van der Waals surface area contributed by atoms with Crippen LogP contribution in [-0.2, 0) is 0 Å². The van der Waals surface area contributed by atoms with Gasteiger partial charge < -0.3 is 15.3 Å². The molecule has 1 saturated heterocycles. The standard InChI is InChI=1S/C17H24ClN3O2/c1-17(2,20-16(22)23)8-14-11-3-4-12(14)10-21(9-11)13-5-6-19-15(18)7-13/h5-7,11-12,14,20H,3-4,8-10H2,1-2H3,(H,22,23)/t11-,12+,14+. The molecular weight excluding hydrogens is 314 g/mol. The highest BCUT2D eigenvalue weighted by Crippen LogP contribution is 2.46. The summed E-state index contributed by atoms with van der Waals surface area (Å²) >= 11 is 6.02. The van der Waals surface area contributed by atoms with Crippen molar-refractivity contribution in [3.8, 4) is 0 Å². The molecule has 1 aromatic heterocycles. The number of pyridine rings is 1. The maximum absolute atomic E-state index is 11.0. The summed E-state index contributed by atoms with van der Waals surface area (Å²) in [6.07, 6.45) is 4.18. The second-order valence-electron chi connectivity index (χ2n) is 7.52. The molecule has 1 aromatic rings. The molecule has 0 aromatic carbocycles. The smallest absolute Gasteiger partial charge is 0.405 e. The number of nitrogens with one attached hydrogen (secondary N) is 1. The van der Waals surface area contributed by atoms with Gasteiger partial charge in [-0.15, -0.1) is 0 Å². The van der Waals surface area contributed by atoms with E-state index in [1.54, 1.807) is 6.20 Å². The van der Waals surface area contributed by atoms with Crippen LogP contribution in [0, 0.1) is 17.8 Å². The van der Waals surface area contributed by atoms with Crippen molar-refractivity contribution >= 4 is 23.4 Å². The Balaban J connectivity index is 1.69. The van der Waals surface area contributed by atoms with Gasteiger partial charge in [-0.1, -0.05) is 11.6 Å². The second kappa shape index (κ2) is 6.19. The summed E-state index contributed by atoms with van der Waals surface area (Å²) < 4.78 is 0. The Morgan fingerprint density at radius 2 is 2.09 bits per heavy atom. The van der Waals surface area contributed by atoms with Gasteiger partial charge in [0, 0.05) is 30.5 Å². The molecule has 2 N–H and O–H groups in total. The van der Waals surface area contributed by atoms with E-state index in [1.165, 1.54) is 12.8 Å². The summed E-state index contributed by atoms with van der Waals surface area (Å²) in [5, 5.41) is 12.2. The number of hydrogen-bond acceptors (Lipinski definition) is 3. The van der Waals surface area contributed by atoms with Gasteiger partial charge >= 0.3 is 6.09 Å². The molecular formula is C17H24ClN3O2. The predicted molar refractivity (Wildman–Crippen MR) is 91.0 cm³/mol. The van der Waals surface area contributed by atoms with E-state index in [4.69, 9.17) is 16.7 Å². The minimum absolute atomic E-state index is 0.376. The first kappa shape index (κ1) is 16.4. The van der Waals surface area contributed by atoms with Crippen LogP contribution in [0.3, 0.4) is 0 Å². The SMILES string of the molecule is CC(C)(C[C@H]1[C@@H]2CC[C@H]1CN(c1ccnc(Cl)c1)C2)NC(=O)O. The molecule has 6 heteroatoms. The fraction of sp³-hybridized carbons (Fsp3) is 0.647. The Kier molecular flexibility index (Phi) is 4.41. The number of carboxylic acid groups (broad SMARTS) is 1. The lowest BCUT2D eigenvalue weighted by molar-refractivity contribution is 0.160. The number of halogens is 1. The van der Waals surface area contributed by atoms with E-state index in [9.17, 15) is 4.79 Å². The highest BCUT2D eigenvalue weighted by molar-refractivity contribution is 6.29. The predicted octanol–water partition coefficient (Wildman–Crippen LogP) is 3.63. The van der Waals surface area contributed by atoms with Crippen LogP contribution in [0.5, 0.6) is 0 Å². The van der Waals surface area contributed by atoms with Crippen molar-refractivity contribution in [2.75, 3.05) is 18.0 Å². The number of aromatic nitrogens is 1. The van der Waals surface area contributed by atoms with Gasteiger partial charge in [0.1, 0.15) is 5.15 Å². The third-order valence-corrected chi connectivity index (χ3v) is 5.50. The fourth-order valence-corrected chi connectivity index (χ4v) is 4.57. The molecule has 2 heterocycles. The minimum Gasteiger partial charge on any atom is -0.465 e. The zero-order valence-electron chi connectivity index (χ0n) is 13.6. The van der Waals surface area contributed by atoms with Crippen LogP contribution < -0.4 is 10.2 Å². The average Bonchev–Trinajstić information content (AvgIpc) is 2.68. The Hall–Kier alpha value is -1.49. The number of anilines is 1. The molecule has 2 fully saturated rings. The number of piperidine rings is 1. The zero-order valence-corrected chi connectivity index (χ0v) is 14.4. The van der Waals surface area contributed by atoms with Crippen molar-refractivity contribution < 1.29 is 9.90 Å². The highest BCUT2D eigenvalue weighted by Gasteiger charge is 2.44. The van der Waals surface area contributed by atoms with Crippen molar-refractivity contribution in [3.05, 3.63) is 23.5 Å². The van der Waals surface area contributed by atoms with Gasteiger partial charge in [0.2, 0.25) is 0 Å². The molecule has 126 valence electrons. The zero-order chi connectivity index (χ0) is 16.6. The Labute approximate surface area is 142 Å². The van der Waals surface area contributed by atoms with Crippen LogP contribution in [0.15, 0.2) is 18.3 Å². The Bertz CT molecular complexity index is 579. The maximum Gasteiger partial charge on any atom is 0.405 e. The molecule has 1 aliphatic heterocycles. The van der Waals surface area contributed by atoms with E-state index in [0.717, 1.165) is 25.2 Å². The van der Waals surface area contributed by atoms with Crippen LogP contribution in [0.25, 0.3) is 0 Å². The normalized spacial score (nSPS) is 27.1. The topological polar surface area (TPSA) is 65.5 Å². The summed E-state index contributed by atoms with van der Waals surface area (Å²) in [6, 6.07) is 3.94. The summed E-state index contributed by atoms with van der Waals surface area (Å²) in [6.45, 7) is 6.00. The van der Waals surface area contributed by atoms with Crippen LogP contribution in [-0.4, -0.2) is 34.8 Å². The van der Waals surface area contributed by atoms with Crippen molar-refractivity contribution in [3.63, 3.8) is 0 Å². The van der Waals surface area contributed by atoms with Gasteiger partial charge in [0.25, 0.3) is 0 Å². The van der Waals surface area contributed by atoms with Crippen LogP contribution in [0.1, 0.15) is 33.1 Å². The number of hydrogen-bond donors (Lipinski definition) is 2. The van der Waals surface area contributed by atoms with E-state index in [0.29, 0.717) is 22.9 Å². The lowest BCUT2D eigenvalue weighted by Crippen LogP contribution is -2.49. The minimum atomic E-state index is -0.939. The van der Waals surface area contributed by atoms with Gasteiger partial charge in [-0.25, -0.2) is 9.78 Å². The molecule has 5 nitrogen and oxygen atoms in total. The van der Waals surface area contributed by atoms with Crippen molar-refractivity contribution in [2.45, 2.75) is 38.6 Å². The molecule has 3 rings (SSSR count). The highest BCUT2D eigenvalue weighted by atomic mass is 35.5. The number of carbonyl (C=O) groups is 1. The van der Waals surface area contributed by atoms with Crippen LogP contribution in [0.2, 0.25) is 5.15 Å². The van der Waals surface area contributed by atoms with E-state index in [-0.39, 0.29) is 5.54 Å². The van der Waals surface area contributed by atoms with Crippen LogP contribution >= 0.6 is 11.6 Å². The second-order valence-corrected chi connectivity index (χ2v) is 7.91. The molecule has 2 bridgehead atoms. The van der Waals surface area contributed by atoms with Crippen molar-refractivity contribution in [1.82, 2.24) is 10.3 Å². The van der Waals surface area contributed by atoms with E-state index >= 15 is 0 Å². The molecule has 0 unspecified atom stereocenters. The summed E-state index contributed by atoms with van der Waals surface area (Å²) in [7, 11) is 0. The van der Waals surface area contributed by atoms with Crippen LogP contribution in [0.4, 0.5) is 10.5 Å². The first-order chi connectivity index (χ1) is 10.8.